The number of nitrogens with zero attached hydrogens (tertiary/aromatic N) is 1. The van der Waals surface area contributed by atoms with E-state index in [-0.39, 0.29) is 5.88 Å². The minimum atomic E-state index is -0.817. The summed E-state index contributed by atoms with van der Waals surface area (Å²) in [7, 11) is 0. The van der Waals surface area contributed by atoms with Gasteiger partial charge in [0.25, 0.3) is 0 Å². The first-order valence-electron chi connectivity index (χ1n) is 5.53. The van der Waals surface area contributed by atoms with Crippen LogP contribution >= 0.6 is 11.6 Å². The van der Waals surface area contributed by atoms with Crippen LogP contribution in [0.2, 0.25) is 0 Å². The first-order valence-corrected chi connectivity index (χ1v) is 6.06. The highest BCUT2D eigenvalue weighted by Crippen LogP contribution is 2.30. The number of hydrogen-bond acceptors (Lipinski definition) is 1. The largest absolute Gasteiger partial charge is 0.274 e. The third-order valence-electron chi connectivity index (χ3n) is 2.54. The van der Waals surface area contributed by atoms with Crippen LogP contribution in [0.4, 0.5) is 20.2 Å². The van der Waals surface area contributed by atoms with Gasteiger partial charge in [-0.05, 0) is 24.3 Å². The van der Waals surface area contributed by atoms with Crippen LogP contribution in [0.25, 0.3) is 0 Å². The van der Waals surface area contributed by atoms with Gasteiger partial charge in [-0.3, -0.25) is 9.69 Å². The molecular weight excluding hydrogens is 272 g/mol. The zero-order chi connectivity index (χ0) is 13.8. The Labute approximate surface area is 114 Å². The van der Waals surface area contributed by atoms with Gasteiger partial charge in [-0.25, -0.2) is 8.78 Å². The van der Waals surface area contributed by atoms with Gasteiger partial charge in [-0.1, -0.05) is 24.3 Å². The molecule has 5 heteroatoms. The van der Waals surface area contributed by atoms with E-state index >= 15 is 0 Å². The SMILES string of the molecule is O=C(CCl)N(c1ccccc1)c1c(F)cccc1F. The third-order valence-corrected chi connectivity index (χ3v) is 2.77. The fourth-order valence-corrected chi connectivity index (χ4v) is 1.86. The second-order valence-corrected chi connectivity index (χ2v) is 4.04. The second kappa shape index (κ2) is 5.80. The second-order valence-electron chi connectivity index (χ2n) is 3.77. The van der Waals surface area contributed by atoms with E-state index in [0.717, 1.165) is 17.0 Å². The maximum absolute atomic E-state index is 13.8. The van der Waals surface area contributed by atoms with Crippen molar-refractivity contribution in [2.24, 2.45) is 0 Å². The highest BCUT2D eigenvalue weighted by atomic mass is 35.5. The molecule has 0 aliphatic carbocycles. The van der Waals surface area contributed by atoms with Gasteiger partial charge in [0, 0.05) is 5.69 Å². The van der Waals surface area contributed by atoms with Crippen molar-refractivity contribution in [2.75, 3.05) is 10.8 Å². The Morgan fingerprint density at radius 1 is 1.00 bits per heavy atom. The fourth-order valence-electron chi connectivity index (χ4n) is 1.74. The highest BCUT2D eigenvalue weighted by molar-refractivity contribution is 6.30. The number of halogens is 3. The van der Waals surface area contributed by atoms with Crippen molar-refractivity contribution in [3.8, 4) is 0 Å². The fraction of sp³-hybridized carbons (Fsp3) is 0.0714. The summed E-state index contributed by atoms with van der Waals surface area (Å²) in [5.74, 6) is -2.61. The molecule has 0 heterocycles. The molecule has 98 valence electrons. The third kappa shape index (κ3) is 2.74. The van der Waals surface area contributed by atoms with Crippen LogP contribution in [0, 0.1) is 11.6 Å². The molecule has 2 nitrogen and oxygen atoms in total. The monoisotopic (exact) mass is 281 g/mol. The van der Waals surface area contributed by atoms with Crippen molar-refractivity contribution in [1.82, 2.24) is 0 Å². The summed E-state index contributed by atoms with van der Waals surface area (Å²) >= 11 is 5.52. The molecule has 0 radical (unpaired) electrons. The minimum Gasteiger partial charge on any atom is -0.274 e. The normalized spacial score (nSPS) is 10.3. The van der Waals surface area contributed by atoms with Crippen LogP contribution in [-0.2, 0) is 4.79 Å². The molecule has 0 spiro atoms. The number of carbonyl (C=O) groups is 1. The molecule has 2 rings (SSSR count). The van der Waals surface area contributed by atoms with E-state index < -0.39 is 23.2 Å². The molecule has 0 atom stereocenters. The standard InChI is InChI=1S/C14H10ClF2NO/c15-9-13(19)18(10-5-2-1-3-6-10)14-11(16)7-4-8-12(14)17/h1-8H,9H2. The molecule has 0 saturated heterocycles. The number of benzene rings is 2. The Hall–Kier alpha value is -1.94. The molecule has 0 saturated carbocycles. The van der Waals surface area contributed by atoms with Crippen LogP contribution in [0.5, 0.6) is 0 Å². The van der Waals surface area contributed by atoms with E-state index in [1.165, 1.54) is 6.07 Å². The Balaban J connectivity index is 2.59. The van der Waals surface area contributed by atoms with Gasteiger partial charge in [0.2, 0.25) is 5.91 Å². The van der Waals surface area contributed by atoms with Crippen LogP contribution in [0.3, 0.4) is 0 Å². The zero-order valence-electron chi connectivity index (χ0n) is 9.82. The zero-order valence-corrected chi connectivity index (χ0v) is 10.6. The highest BCUT2D eigenvalue weighted by Gasteiger charge is 2.23. The van der Waals surface area contributed by atoms with Crippen molar-refractivity contribution < 1.29 is 13.6 Å². The summed E-state index contributed by atoms with van der Waals surface area (Å²) in [6, 6.07) is 11.7. The number of carbonyl (C=O) groups excluding carboxylic acids is 1. The average Bonchev–Trinajstić information content (AvgIpc) is 2.43. The number of rotatable bonds is 3. The molecule has 0 fully saturated rings. The molecule has 2 aromatic rings. The number of hydrogen-bond donors (Lipinski definition) is 0. The number of para-hydroxylation sites is 2. The predicted molar refractivity (Wildman–Crippen MR) is 70.7 cm³/mol. The topological polar surface area (TPSA) is 20.3 Å². The maximum Gasteiger partial charge on any atom is 0.246 e. The van der Waals surface area contributed by atoms with Gasteiger partial charge >= 0.3 is 0 Å². The Morgan fingerprint density at radius 3 is 2.11 bits per heavy atom. The van der Waals surface area contributed by atoms with Crippen molar-refractivity contribution in [1.29, 1.82) is 0 Å². The predicted octanol–water partition coefficient (Wildman–Crippen LogP) is 3.87. The molecular formula is C14H10ClF2NO. The molecule has 0 aliphatic rings. The van der Waals surface area contributed by atoms with Gasteiger partial charge in [0.1, 0.15) is 23.2 Å². The molecule has 0 unspecified atom stereocenters. The quantitative estimate of drug-likeness (QED) is 0.782. The summed E-state index contributed by atoms with van der Waals surface area (Å²) in [4.78, 5) is 12.8. The lowest BCUT2D eigenvalue weighted by Gasteiger charge is -2.23. The van der Waals surface area contributed by atoms with Gasteiger partial charge in [0.15, 0.2) is 0 Å². The Morgan fingerprint density at radius 2 is 1.58 bits per heavy atom. The summed E-state index contributed by atoms with van der Waals surface area (Å²) in [5, 5.41) is 0. The van der Waals surface area contributed by atoms with E-state index in [9.17, 15) is 13.6 Å². The lowest BCUT2D eigenvalue weighted by Crippen LogP contribution is -2.28. The van der Waals surface area contributed by atoms with E-state index in [0.29, 0.717) is 5.69 Å². The number of alkyl halides is 1. The van der Waals surface area contributed by atoms with Crippen molar-refractivity contribution in [3.63, 3.8) is 0 Å². The molecule has 2 aromatic carbocycles. The molecule has 19 heavy (non-hydrogen) atoms. The van der Waals surface area contributed by atoms with Crippen LogP contribution in [0.15, 0.2) is 48.5 Å². The van der Waals surface area contributed by atoms with E-state index in [1.54, 1.807) is 30.3 Å². The van der Waals surface area contributed by atoms with Crippen molar-refractivity contribution in [2.45, 2.75) is 0 Å². The van der Waals surface area contributed by atoms with Crippen LogP contribution in [-0.4, -0.2) is 11.8 Å². The average molecular weight is 282 g/mol. The first-order chi connectivity index (χ1) is 9.15. The lowest BCUT2D eigenvalue weighted by atomic mass is 10.2. The summed E-state index contributed by atoms with van der Waals surface area (Å²) in [5.41, 5.74) is -0.0588. The minimum absolute atomic E-state index is 0.358. The van der Waals surface area contributed by atoms with E-state index in [4.69, 9.17) is 11.6 Å². The summed E-state index contributed by atoms with van der Waals surface area (Å²) in [6.07, 6.45) is 0. The molecule has 0 bridgehead atoms. The van der Waals surface area contributed by atoms with Crippen molar-refractivity contribution in [3.05, 3.63) is 60.2 Å². The molecule has 0 aromatic heterocycles. The van der Waals surface area contributed by atoms with Gasteiger partial charge in [0.05, 0.1) is 0 Å². The van der Waals surface area contributed by atoms with Gasteiger partial charge in [-0.2, -0.15) is 0 Å². The van der Waals surface area contributed by atoms with Gasteiger partial charge < -0.3 is 0 Å². The molecule has 0 N–H and O–H groups in total. The van der Waals surface area contributed by atoms with Crippen LogP contribution < -0.4 is 4.90 Å². The summed E-state index contributed by atoms with van der Waals surface area (Å²) in [6.45, 7) is 0. The summed E-state index contributed by atoms with van der Waals surface area (Å²) < 4.78 is 27.6. The number of amides is 1. The Bertz CT molecular complexity index is 569. The van der Waals surface area contributed by atoms with E-state index in [1.807, 2.05) is 0 Å². The van der Waals surface area contributed by atoms with Crippen LogP contribution in [0.1, 0.15) is 0 Å². The molecule has 0 aliphatic heterocycles. The van der Waals surface area contributed by atoms with Gasteiger partial charge in [-0.15, -0.1) is 11.6 Å². The smallest absolute Gasteiger partial charge is 0.246 e. The first kappa shape index (κ1) is 13.5. The molecule has 1 amide bonds. The number of anilines is 2. The van der Waals surface area contributed by atoms with E-state index in [2.05, 4.69) is 0 Å². The Kier molecular flexibility index (Phi) is 4.12. The lowest BCUT2D eigenvalue weighted by molar-refractivity contribution is -0.115. The van der Waals surface area contributed by atoms with Crippen molar-refractivity contribution >= 4 is 28.9 Å². The maximum atomic E-state index is 13.8.